The number of rotatable bonds is 8. The van der Waals surface area contributed by atoms with Crippen LogP contribution in [-0.4, -0.2) is 42.9 Å². The number of ether oxygens (including phenoxy) is 1. The van der Waals surface area contributed by atoms with E-state index in [1.165, 1.54) is 0 Å². The van der Waals surface area contributed by atoms with Gasteiger partial charge in [-0.3, -0.25) is 4.79 Å². The molecular weight excluding hydrogens is 368 g/mol. The van der Waals surface area contributed by atoms with Gasteiger partial charge in [0.2, 0.25) is 5.91 Å². The van der Waals surface area contributed by atoms with Crippen LogP contribution in [0.15, 0.2) is 27.4 Å². The van der Waals surface area contributed by atoms with Crippen LogP contribution in [0.4, 0.5) is 5.69 Å². The summed E-state index contributed by atoms with van der Waals surface area (Å²) in [6, 6.07) is 5.93. The van der Waals surface area contributed by atoms with Crippen molar-refractivity contribution in [3.8, 4) is 0 Å². The normalized spacial score (nSPS) is 10.3. The number of methoxy groups -OCH3 is 1. The molecule has 0 saturated carbocycles. The van der Waals surface area contributed by atoms with Crippen molar-refractivity contribution in [2.24, 2.45) is 0 Å². The molecule has 0 aliphatic heterocycles. The fourth-order valence-corrected chi connectivity index (χ4v) is 3.72. The van der Waals surface area contributed by atoms with Crippen LogP contribution in [0.5, 0.6) is 0 Å². The predicted molar refractivity (Wildman–Crippen MR) is 101 cm³/mol. The molecule has 24 heavy (non-hydrogen) atoms. The van der Waals surface area contributed by atoms with Gasteiger partial charge in [0.25, 0.3) is 0 Å². The van der Waals surface area contributed by atoms with Crippen molar-refractivity contribution in [3.05, 3.63) is 28.8 Å². The summed E-state index contributed by atoms with van der Waals surface area (Å²) in [5, 5.41) is 15.0. The van der Waals surface area contributed by atoms with Gasteiger partial charge >= 0.3 is 0 Å². The Balaban J connectivity index is 0.00000288. The zero-order valence-corrected chi connectivity index (χ0v) is 16.2. The molecule has 6 nitrogen and oxygen atoms in total. The second-order valence-electron chi connectivity index (χ2n) is 4.88. The van der Waals surface area contributed by atoms with Gasteiger partial charge in [-0.15, -0.1) is 22.6 Å². The second kappa shape index (κ2) is 10.6. The molecule has 0 aliphatic rings. The van der Waals surface area contributed by atoms with Gasteiger partial charge in [-0.2, -0.15) is 0 Å². The monoisotopic (exact) mass is 388 g/mol. The third kappa shape index (κ3) is 6.74. The van der Waals surface area contributed by atoms with Crippen LogP contribution >= 0.6 is 35.5 Å². The number of carbonyl (C=O) groups is 1. The number of benzene rings is 1. The largest absolute Gasteiger partial charge is 0.383 e. The zero-order valence-electron chi connectivity index (χ0n) is 13.8. The first kappa shape index (κ1) is 20.9. The molecule has 0 radical (unpaired) electrons. The van der Waals surface area contributed by atoms with E-state index in [1.54, 1.807) is 30.2 Å². The smallest absolute Gasteiger partial charge is 0.238 e. The molecule has 2 rings (SSSR count). The molecule has 1 amide bonds. The van der Waals surface area contributed by atoms with E-state index in [9.17, 15) is 4.79 Å². The van der Waals surface area contributed by atoms with Crippen LogP contribution < -0.4 is 10.6 Å². The zero-order chi connectivity index (χ0) is 16.7. The Labute approximate surface area is 156 Å². The lowest BCUT2D eigenvalue weighted by Gasteiger charge is -2.10. The average molecular weight is 389 g/mol. The molecule has 1 aromatic carbocycles. The summed E-state index contributed by atoms with van der Waals surface area (Å²) in [6.45, 7) is 5.42. The number of aryl methyl sites for hydroxylation is 2. The highest BCUT2D eigenvalue weighted by Crippen LogP contribution is 2.32. The molecule has 0 unspecified atom stereocenters. The van der Waals surface area contributed by atoms with E-state index in [4.69, 9.17) is 4.74 Å². The Morgan fingerprint density at radius 2 is 2.12 bits per heavy atom. The topological polar surface area (TPSA) is 76.1 Å². The number of hydrogen-bond acceptors (Lipinski definition) is 7. The Morgan fingerprint density at radius 3 is 2.75 bits per heavy atom. The third-order valence-electron chi connectivity index (χ3n) is 2.95. The van der Waals surface area contributed by atoms with Crippen molar-refractivity contribution in [3.63, 3.8) is 0 Å². The molecule has 0 bridgehead atoms. The fraction of sp³-hybridized carbons (Fsp3) is 0.400. The van der Waals surface area contributed by atoms with Gasteiger partial charge in [0.1, 0.15) is 5.01 Å². The van der Waals surface area contributed by atoms with Crippen LogP contribution in [0.3, 0.4) is 0 Å². The van der Waals surface area contributed by atoms with Gasteiger partial charge in [-0.05, 0) is 37.6 Å². The first-order valence-electron chi connectivity index (χ1n) is 7.16. The van der Waals surface area contributed by atoms with Crippen LogP contribution in [0.2, 0.25) is 0 Å². The van der Waals surface area contributed by atoms with Crippen molar-refractivity contribution in [1.29, 1.82) is 0 Å². The molecule has 0 atom stereocenters. The van der Waals surface area contributed by atoms with Gasteiger partial charge in [0.15, 0.2) is 4.34 Å². The van der Waals surface area contributed by atoms with Gasteiger partial charge in [0.05, 0.1) is 13.2 Å². The average Bonchev–Trinajstić information content (AvgIpc) is 2.92. The van der Waals surface area contributed by atoms with E-state index in [0.29, 0.717) is 13.2 Å². The predicted octanol–water partition coefficient (Wildman–Crippen LogP) is 2.90. The van der Waals surface area contributed by atoms with Crippen LogP contribution in [0.25, 0.3) is 0 Å². The van der Waals surface area contributed by atoms with Gasteiger partial charge in [-0.1, -0.05) is 23.1 Å². The summed E-state index contributed by atoms with van der Waals surface area (Å²) in [6.07, 6.45) is 0. The summed E-state index contributed by atoms with van der Waals surface area (Å²) in [7, 11) is 1.63. The molecule has 2 N–H and O–H groups in total. The quantitative estimate of drug-likeness (QED) is 0.677. The molecule has 0 aliphatic carbocycles. The standard InChI is InChI=1S/C15H20N4O2S2.ClH/c1-10-8-12(23-15-19-18-11(2)22-15)4-5-13(10)17-14(20)9-16-6-7-21-3;/h4-5,8,16H,6-7,9H2,1-3H3,(H,17,20);1H. The Morgan fingerprint density at radius 1 is 1.33 bits per heavy atom. The van der Waals surface area contributed by atoms with E-state index in [0.717, 1.165) is 25.5 Å². The Bertz CT molecular complexity index is 667. The minimum atomic E-state index is -0.0654. The maximum atomic E-state index is 11.9. The Hall–Kier alpha value is -1.19. The van der Waals surface area contributed by atoms with Gasteiger partial charge in [-0.25, -0.2) is 0 Å². The first-order valence-corrected chi connectivity index (χ1v) is 8.80. The highest BCUT2D eigenvalue weighted by molar-refractivity contribution is 8.01. The summed E-state index contributed by atoms with van der Waals surface area (Å²) in [4.78, 5) is 12.9. The highest BCUT2D eigenvalue weighted by atomic mass is 35.5. The Kier molecular flexibility index (Phi) is 9.24. The second-order valence-corrected chi connectivity index (χ2v) is 7.39. The lowest BCUT2D eigenvalue weighted by atomic mass is 10.2. The van der Waals surface area contributed by atoms with Crippen molar-refractivity contribution in [1.82, 2.24) is 15.5 Å². The van der Waals surface area contributed by atoms with Gasteiger partial charge < -0.3 is 15.4 Å². The number of nitrogens with one attached hydrogen (secondary N) is 2. The number of amides is 1. The van der Waals surface area contributed by atoms with Crippen LogP contribution in [0.1, 0.15) is 10.6 Å². The van der Waals surface area contributed by atoms with Crippen LogP contribution in [-0.2, 0) is 9.53 Å². The lowest BCUT2D eigenvalue weighted by Crippen LogP contribution is -2.30. The first-order chi connectivity index (χ1) is 11.1. The number of carbonyl (C=O) groups excluding carboxylic acids is 1. The number of hydrogen-bond donors (Lipinski definition) is 2. The molecule has 1 aromatic heterocycles. The summed E-state index contributed by atoms with van der Waals surface area (Å²) in [5.74, 6) is -0.0654. The van der Waals surface area contributed by atoms with Gasteiger partial charge in [0, 0.05) is 24.2 Å². The minimum Gasteiger partial charge on any atom is -0.383 e. The van der Waals surface area contributed by atoms with E-state index in [-0.39, 0.29) is 24.9 Å². The number of anilines is 1. The molecule has 0 spiro atoms. The van der Waals surface area contributed by atoms with Crippen molar-refractivity contribution in [2.45, 2.75) is 23.1 Å². The van der Waals surface area contributed by atoms with Crippen molar-refractivity contribution >= 4 is 47.1 Å². The lowest BCUT2D eigenvalue weighted by molar-refractivity contribution is -0.115. The molecule has 0 fully saturated rings. The molecule has 2 aromatic rings. The minimum absolute atomic E-state index is 0. The number of halogens is 1. The van der Waals surface area contributed by atoms with Crippen molar-refractivity contribution in [2.75, 3.05) is 32.1 Å². The maximum Gasteiger partial charge on any atom is 0.238 e. The van der Waals surface area contributed by atoms with E-state index >= 15 is 0 Å². The molecule has 132 valence electrons. The molecule has 1 heterocycles. The number of aromatic nitrogens is 2. The SMILES string of the molecule is COCCNCC(=O)Nc1ccc(Sc2nnc(C)s2)cc1C.Cl. The fourth-order valence-electron chi connectivity index (χ4n) is 1.83. The summed E-state index contributed by atoms with van der Waals surface area (Å²) < 4.78 is 5.84. The maximum absolute atomic E-state index is 11.9. The highest BCUT2D eigenvalue weighted by Gasteiger charge is 2.08. The summed E-state index contributed by atoms with van der Waals surface area (Å²) >= 11 is 3.14. The van der Waals surface area contributed by atoms with E-state index in [2.05, 4.69) is 20.8 Å². The molecule has 9 heteroatoms. The molecule has 0 saturated heterocycles. The van der Waals surface area contributed by atoms with E-state index < -0.39 is 0 Å². The van der Waals surface area contributed by atoms with Crippen LogP contribution in [0, 0.1) is 13.8 Å². The number of nitrogens with zero attached hydrogens (tertiary/aromatic N) is 2. The van der Waals surface area contributed by atoms with Crippen molar-refractivity contribution < 1.29 is 9.53 Å². The molecular formula is C15H21ClN4O2S2. The third-order valence-corrected chi connectivity index (χ3v) is 4.83. The summed E-state index contributed by atoms with van der Waals surface area (Å²) in [5.41, 5.74) is 1.84. The van der Waals surface area contributed by atoms with E-state index in [1.807, 2.05) is 32.0 Å².